The third-order valence-electron chi connectivity index (χ3n) is 2.85. The largest absolute Gasteiger partial charge is 0.475 e. The predicted molar refractivity (Wildman–Crippen MR) is 56.0 cm³/mol. The van der Waals surface area contributed by atoms with Gasteiger partial charge in [-0.3, -0.25) is 0 Å². The summed E-state index contributed by atoms with van der Waals surface area (Å²) in [5, 5.41) is 0. The van der Waals surface area contributed by atoms with E-state index < -0.39 is 11.6 Å². The highest BCUT2D eigenvalue weighted by Crippen LogP contribution is 2.26. The van der Waals surface area contributed by atoms with Crippen molar-refractivity contribution in [1.29, 1.82) is 0 Å². The van der Waals surface area contributed by atoms with Gasteiger partial charge in [-0.1, -0.05) is 12.8 Å². The Morgan fingerprint density at radius 1 is 1.31 bits per heavy atom. The number of anilines is 1. The van der Waals surface area contributed by atoms with Gasteiger partial charge < -0.3 is 10.5 Å². The van der Waals surface area contributed by atoms with Crippen LogP contribution >= 0.6 is 0 Å². The Bertz CT molecular complexity index is 378. The van der Waals surface area contributed by atoms with Crippen molar-refractivity contribution in [3.8, 4) is 5.88 Å². The molecule has 1 saturated carbocycles. The molecule has 2 N–H and O–H groups in total. The molecule has 1 aliphatic carbocycles. The molecule has 2 rings (SSSR count). The fourth-order valence-electron chi connectivity index (χ4n) is 1.94. The topological polar surface area (TPSA) is 48.1 Å². The summed E-state index contributed by atoms with van der Waals surface area (Å²) in [5.74, 6) is -1.74. The summed E-state index contributed by atoms with van der Waals surface area (Å²) in [6, 6.07) is 0.701. The van der Waals surface area contributed by atoms with Crippen LogP contribution in [-0.2, 0) is 0 Å². The molecule has 3 nitrogen and oxygen atoms in total. The van der Waals surface area contributed by atoms with E-state index in [1.807, 2.05) is 0 Å². The molecule has 0 spiro atoms. The maximum atomic E-state index is 13.2. The van der Waals surface area contributed by atoms with E-state index in [1.165, 1.54) is 12.8 Å². The van der Waals surface area contributed by atoms with Gasteiger partial charge in [0.25, 0.3) is 5.88 Å². The second-order valence-electron chi connectivity index (χ2n) is 4.10. The fraction of sp³-hybridized carbons (Fsp3) is 0.545. The molecule has 5 heteroatoms. The first kappa shape index (κ1) is 11.1. The van der Waals surface area contributed by atoms with Crippen LogP contribution in [0.5, 0.6) is 5.88 Å². The van der Waals surface area contributed by atoms with Crippen LogP contribution in [0.1, 0.15) is 25.7 Å². The molecule has 0 aliphatic heterocycles. The Hall–Kier alpha value is -1.39. The summed E-state index contributed by atoms with van der Waals surface area (Å²) >= 11 is 0. The molecule has 0 radical (unpaired) electrons. The van der Waals surface area contributed by atoms with Gasteiger partial charge in [-0.15, -0.1) is 0 Å². The second kappa shape index (κ2) is 4.63. The minimum absolute atomic E-state index is 0.203. The number of aromatic nitrogens is 1. The maximum absolute atomic E-state index is 13.2. The van der Waals surface area contributed by atoms with Crippen LogP contribution in [0.2, 0.25) is 0 Å². The van der Waals surface area contributed by atoms with Gasteiger partial charge in [0, 0.05) is 6.07 Å². The minimum Gasteiger partial charge on any atom is -0.475 e. The number of halogens is 2. The number of hydrogen-bond donors (Lipinski definition) is 1. The molecule has 0 unspecified atom stereocenters. The Kier molecular flexibility index (Phi) is 3.22. The van der Waals surface area contributed by atoms with E-state index in [4.69, 9.17) is 10.5 Å². The number of nitrogen functional groups attached to an aromatic ring is 1. The highest BCUT2D eigenvalue weighted by Gasteiger charge is 2.17. The van der Waals surface area contributed by atoms with E-state index >= 15 is 0 Å². The van der Waals surface area contributed by atoms with Crippen LogP contribution in [0, 0.1) is 17.6 Å². The van der Waals surface area contributed by atoms with E-state index in [1.54, 1.807) is 0 Å². The lowest BCUT2D eigenvalue weighted by Crippen LogP contribution is -2.11. The molecule has 1 fully saturated rings. The van der Waals surface area contributed by atoms with E-state index in [9.17, 15) is 8.78 Å². The fourth-order valence-corrected chi connectivity index (χ4v) is 1.94. The molecule has 1 aliphatic rings. The zero-order valence-electron chi connectivity index (χ0n) is 8.88. The monoisotopic (exact) mass is 228 g/mol. The van der Waals surface area contributed by atoms with Crippen molar-refractivity contribution in [3.05, 3.63) is 17.7 Å². The number of ether oxygens (including phenoxy) is 1. The standard InChI is InChI=1S/C11H14F2N2O/c12-8-5-9(13)11(15-10(8)14)16-6-7-3-1-2-4-7/h5,7H,1-4,6H2,(H2,14,15). The molecule has 1 heterocycles. The molecular weight excluding hydrogens is 214 g/mol. The minimum atomic E-state index is -0.856. The molecule has 1 aromatic heterocycles. The number of rotatable bonds is 3. The van der Waals surface area contributed by atoms with Crippen molar-refractivity contribution in [2.75, 3.05) is 12.3 Å². The highest BCUT2D eigenvalue weighted by atomic mass is 19.1. The Morgan fingerprint density at radius 2 is 2.00 bits per heavy atom. The summed E-state index contributed by atoms with van der Waals surface area (Å²) in [7, 11) is 0. The van der Waals surface area contributed by atoms with Crippen LogP contribution in [0.15, 0.2) is 6.07 Å². The average Bonchev–Trinajstić information content (AvgIpc) is 2.74. The van der Waals surface area contributed by atoms with E-state index in [0.29, 0.717) is 18.6 Å². The normalized spacial score (nSPS) is 16.6. The van der Waals surface area contributed by atoms with E-state index in [-0.39, 0.29) is 11.7 Å². The summed E-state index contributed by atoms with van der Waals surface area (Å²) in [5.41, 5.74) is 5.24. The van der Waals surface area contributed by atoms with Crippen molar-refractivity contribution in [3.63, 3.8) is 0 Å². The second-order valence-corrected chi connectivity index (χ2v) is 4.10. The number of nitrogens with zero attached hydrogens (tertiary/aromatic N) is 1. The van der Waals surface area contributed by atoms with Crippen LogP contribution in [0.3, 0.4) is 0 Å². The molecule has 0 aromatic carbocycles. The molecule has 1 aromatic rings. The first-order valence-electron chi connectivity index (χ1n) is 5.41. The van der Waals surface area contributed by atoms with Crippen molar-refractivity contribution in [1.82, 2.24) is 4.98 Å². The van der Waals surface area contributed by atoms with Gasteiger partial charge in [-0.2, -0.15) is 4.98 Å². The van der Waals surface area contributed by atoms with Crippen molar-refractivity contribution in [2.45, 2.75) is 25.7 Å². The molecule has 0 amide bonds. The van der Waals surface area contributed by atoms with Crippen molar-refractivity contribution < 1.29 is 13.5 Å². The van der Waals surface area contributed by atoms with E-state index in [2.05, 4.69) is 4.98 Å². The third kappa shape index (κ3) is 2.40. The lowest BCUT2D eigenvalue weighted by Gasteiger charge is -2.11. The quantitative estimate of drug-likeness (QED) is 0.864. The first-order valence-corrected chi connectivity index (χ1v) is 5.41. The van der Waals surface area contributed by atoms with Gasteiger partial charge in [-0.05, 0) is 18.8 Å². The Morgan fingerprint density at radius 3 is 2.69 bits per heavy atom. The average molecular weight is 228 g/mol. The van der Waals surface area contributed by atoms with Crippen LogP contribution < -0.4 is 10.5 Å². The molecule has 0 atom stereocenters. The van der Waals surface area contributed by atoms with Gasteiger partial charge in [-0.25, -0.2) is 8.78 Å². The van der Waals surface area contributed by atoms with Gasteiger partial charge in [0.15, 0.2) is 17.5 Å². The first-order chi connectivity index (χ1) is 7.66. The summed E-state index contributed by atoms with van der Waals surface area (Å²) in [4.78, 5) is 3.54. The highest BCUT2D eigenvalue weighted by molar-refractivity contribution is 5.34. The lowest BCUT2D eigenvalue weighted by molar-refractivity contribution is 0.232. The zero-order valence-corrected chi connectivity index (χ0v) is 8.88. The van der Waals surface area contributed by atoms with Crippen molar-refractivity contribution in [2.24, 2.45) is 5.92 Å². The van der Waals surface area contributed by atoms with Crippen LogP contribution in [0.25, 0.3) is 0 Å². The summed E-state index contributed by atoms with van der Waals surface area (Å²) < 4.78 is 31.3. The number of pyridine rings is 1. The summed E-state index contributed by atoms with van der Waals surface area (Å²) in [6.07, 6.45) is 4.57. The maximum Gasteiger partial charge on any atom is 0.252 e. The molecular formula is C11H14F2N2O. The van der Waals surface area contributed by atoms with Gasteiger partial charge in [0.05, 0.1) is 6.61 Å². The third-order valence-corrected chi connectivity index (χ3v) is 2.85. The zero-order chi connectivity index (χ0) is 11.5. The van der Waals surface area contributed by atoms with Crippen molar-refractivity contribution >= 4 is 5.82 Å². The van der Waals surface area contributed by atoms with Gasteiger partial charge >= 0.3 is 0 Å². The SMILES string of the molecule is Nc1nc(OCC2CCCC2)c(F)cc1F. The van der Waals surface area contributed by atoms with Crippen LogP contribution in [0.4, 0.5) is 14.6 Å². The number of hydrogen-bond acceptors (Lipinski definition) is 3. The van der Waals surface area contributed by atoms with Gasteiger partial charge in [0.2, 0.25) is 0 Å². The molecule has 0 saturated heterocycles. The predicted octanol–water partition coefficient (Wildman–Crippen LogP) is 2.51. The Balaban J connectivity index is 2.00. The number of nitrogens with two attached hydrogens (primary N) is 1. The Labute approximate surface area is 92.6 Å². The molecule has 88 valence electrons. The van der Waals surface area contributed by atoms with Crippen LogP contribution in [-0.4, -0.2) is 11.6 Å². The van der Waals surface area contributed by atoms with E-state index in [0.717, 1.165) is 12.8 Å². The lowest BCUT2D eigenvalue weighted by atomic mass is 10.1. The molecule has 16 heavy (non-hydrogen) atoms. The smallest absolute Gasteiger partial charge is 0.252 e. The molecule has 0 bridgehead atoms. The summed E-state index contributed by atoms with van der Waals surface area (Å²) in [6.45, 7) is 0.426. The van der Waals surface area contributed by atoms with Gasteiger partial charge in [0.1, 0.15) is 0 Å².